The first kappa shape index (κ1) is 25.8. The molecule has 0 fully saturated rings. The predicted octanol–water partition coefficient (Wildman–Crippen LogP) is 5.22. The van der Waals surface area contributed by atoms with E-state index in [1.165, 1.54) is 12.0 Å². The van der Waals surface area contributed by atoms with E-state index >= 15 is 0 Å². The number of methoxy groups -OCH3 is 1. The fraction of sp³-hybridized carbons (Fsp3) is 0.333. The summed E-state index contributed by atoms with van der Waals surface area (Å²) in [4.78, 5) is 30.7. The van der Waals surface area contributed by atoms with Gasteiger partial charge < -0.3 is 29.2 Å². The van der Waals surface area contributed by atoms with Gasteiger partial charge in [0.15, 0.2) is 23.0 Å². The second-order valence-electron chi connectivity index (χ2n) is 8.57. The molecule has 1 aliphatic rings. The second-order valence-corrected chi connectivity index (χ2v) is 9.43. The molecule has 9 heteroatoms. The van der Waals surface area contributed by atoms with Crippen molar-refractivity contribution >= 4 is 38.6 Å². The summed E-state index contributed by atoms with van der Waals surface area (Å²) in [7, 11) is 1.42. The molecule has 1 aromatic heterocycles. The Morgan fingerprint density at radius 2 is 1.89 bits per heavy atom. The number of amides is 1. The molecule has 3 aromatic rings. The zero-order chi connectivity index (χ0) is 26.0. The zero-order valence-corrected chi connectivity index (χ0v) is 22.0. The fourth-order valence-corrected chi connectivity index (χ4v) is 5.06. The van der Waals surface area contributed by atoms with E-state index in [9.17, 15) is 19.8 Å². The lowest BCUT2D eigenvalue weighted by atomic mass is 9.94. The maximum atomic E-state index is 13.7. The van der Waals surface area contributed by atoms with Gasteiger partial charge in [0.05, 0.1) is 23.2 Å². The Hall–Kier alpha value is -3.30. The number of Topliss-reactive ketones (excluding diaryl/α,β-unsaturated/α-hetero) is 1. The molecule has 0 spiro atoms. The molecule has 2 aromatic carbocycles. The number of ether oxygens (including phenoxy) is 1. The largest absolute Gasteiger partial charge is 0.503 e. The molecule has 8 nitrogen and oxygen atoms in total. The quantitative estimate of drug-likeness (QED) is 0.330. The molecule has 2 N–H and O–H groups in total. The highest BCUT2D eigenvalue weighted by Gasteiger charge is 2.44. The van der Waals surface area contributed by atoms with Crippen LogP contribution in [0.2, 0.25) is 0 Å². The topological polar surface area (TPSA) is 103 Å². The van der Waals surface area contributed by atoms with Crippen LogP contribution in [0.3, 0.4) is 0 Å². The second kappa shape index (κ2) is 10.8. The number of hydrogen-bond acceptors (Lipinski definition) is 7. The fourth-order valence-electron chi connectivity index (χ4n) is 4.60. The first-order valence-corrected chi connectivity index (χ1v) is 12.7. The van der Waals surface area contributed by atoms with Crippen LogP contribution < -0.4 is 4.74 Å². The van der Waals surface area contributed by atoms with E-state index in [0.29, 0.717) is 28.6 Å². The van der Waals surface area contributed by atoms with Crippen molar-refractivity contribution in [3.05, 3.63) is 69.6 Å². The Balaban J connectivity index is 1.77. The third kappa shape index (κ3) is 4.73. The van der Waals surface area contributed by atoms with Crippen LogP contribution in [0, 0.1) is 0 Å². The van der Waals surface area contributed by atoms with Crippen LogP contribution in [0.15, 0.2) is 62.7 Å². The molecular weight excluding hydrogens is 528 g/mol. The van der Waals surface area contributed by atoms with E-state index in [-0.39, 0.29) is 22.8 Å². The average molecular weight is 557 g/mol. The van der Waals surface area contributed by atoms with Crippen LogP contribution in [0.5, 0.6) is 11.5 Å². The molecule has 0 bridgehead atoms. The van der Waals surface area contributed by atoms with Gasteiger partial charge in [-0.3, -0.25) is 9.59 Å². The van der Waals surface area contributed by atoms with Gasteiger partial charge in [-0.1, -0.05) is 32.0 Å². The number of aliphatic hydroxyl groups is 1. The van der Waals surface area contributed by atoms with Crippen molar-refractivity contribution in [3.63, 3.8) is 0 Å². The number of carbonyl (C=O) groups excluding carboxylic acids is 2. The maximum Gasteiger partial charge on any atom is 0.290 e. The molecule has 1 amide bonds. The number of carbonyl (C=O) groups is 2. The number of nitrogens with zero attached hydrogens (tertiary/aromatic N) is 2. The summed E-state index contributed by atoms with van der Waals surface area (Å²) in [5.41, 5.74) is 0.977. The molecule has 1 unspecified atom stereocenters. The van der Waals surface area contributed by atoms with Crippen LogP contribution in [0.25, 0.3) is 11.0 Å². The number of aliphatic hydroxyl groups excluding tert-OH is 1. The van der Waals surface area contributed by atoms with Crippen molar-refractivity contribution in [3.8, 4) is 11.5 Å². The number of halogens is 1. The predicted molar refractivity (Wildman–Crippen MR) is 139 cm³/mol. The van der Waals surface area contributed by atoms with Gasteiger partial charge in [-0.2, -0.15) is 0 Å². The van der Waals surface area contributed by atoms with Crippen LogP contribution in [-0.4, -0.2) is 65.0 Å². The monoisotopic (exact) mass is 556 g/mol. The van der Waals surface area contributed by atoms with Gasteiger partial charge in [0.25, 0.3) is 5.91 Å². The molecule has 0 saturated carbocycles. The summed E-state index contributed by atoms with van der Waals surface area (Å²) in [6.07, 6.45) is 0.652. The molecule has 36 heavy (non-hydrogen) atoms. The summed E-state index contributed by atoms with van der Waals surface area (Å²) < 4.78 is 11.4. The van der Waals surface area contributed by atoms with E-state index in [0.717, 1.165) is 25.0 Å². The zero-order valence-electron chi connectivity index (χ0n) is 20.5. The van der Waals surface area contributed by atoms with Crippen molar-refractivity contribution in [2.45, 2.75) is 26.3 Å². The van der Waals surface area contributed by atoms with Crippen LogP contribution in [-0.2, 0) is 4.79 Å². The van der Waals surface area contributed by atoms with E-state index in [4.69, 9.17) is 9.15 Å². The van der Waals surface area contributed by atoms with E-state index in [1.54, 1.807) is 30.3 Å². The molecule has 0 aliphatic carbocycles. The number of phenols is 1. The standard InChI is InChI=1S/C27H29BrN2O6/c1-4-29(5-2)11-8-12-30-23(17-13-18(28)24(31)20(15-17)35-3)22(26(33)27(30)34)25(32)21-14-16-9-6-7-10-19(16)36-21/h6-7,9-10,13-15,23,31,33H,4-5,8,11-12H2,1-3H3. The number of benzene rings is 2. The number of ketones is 1. The Kier molecular flexibility index (Phi) is 7.70. The SMILES string of the molecule is CCN(CC)CCCN1C(=O)C(O)=C(C(=O)c2cc3ccccc3o2)C1c1cc(Br)c(O)c(OC)c1. The lowest BCUT2D eigenvalue weighted by molar-refractivity contribution is -0.129. The summed E-state index contributed by atoms with van der Waals surface area (Å²) in [5.74, 6) is -1.69. The van der Waals surface area contributed by atoms with Gasteiger partial charge in [-0.25, -0.2) is 0 Å². The Bertz CT molecular complexity index is 1290. The minimum atomic E-state index is -0.888. The maximum absolute atomic E-state index is 13.7. The Morgan fingerprint density at radius 1 is 1.17 bits per heavy atom. The van der Waals surface area contributed by atoms with Gasteiger partial charge in [0.2, 0.25) is 5.78 Å². The lowest BCUT2D eigenvalue weighted by Crippen LogP contribution is -2.34. The van der Waals surface area contributed by atoms with Crippen molar-refractivity contribution < 1.29 is 29.0 Å². The van der Waals surface area contributed by atoms with Crippen LogP contribution in [0.1, 0.15) is 42.4 Å². The smallest absolute Gasteiger partial charge is 0.290 e. The first-order chi connectivity index (χ1) is 17.3. The van der Waals surface area contributed by atoms with Gasteiger partial charge in [-0.05, 0) is 71.8 Å². The van der Waals surface area contributed by atoms with Crippen molar-refractivity contribution in [2.24, 2.45) is 0 Å². The van der Waals surface area contributed by atoms with Gasteiger partial charge in [0, 0.05) is 11.9 Å². The number of fused-ring (bicyclic) bond motifs is 1. The summed E-state index contributed by atoms with van der Waals surface area (Å²) in [6.45, 7) is 7.00. The molecule has 0 saturated heterocycles. The minimum absolute atomic E-state index is 0.0327. The number of rotatable bonds is 10. The van der Waals surface area contributed by atoms with Crippen molar-refractivity contribution in [2.75, 3.05) is 33.3 Å². The number of hydrogen-bond donors (Lipinski definition) is 2. The molecule has 190 valence electrons. The summed E-state index contributed by atoms with van der Waals surface area (Å²) >= 11 is 3.33. The lowest BCUT2D eigenvalue weighted by Gasteiger charge is -2.28. The summed E-state index contributed by atoms with van der Waals surface area (Å²) in [5, 5.41) is 22.0. The number of aromatic hydroxyl groups is 1. The van der Waals surface area contributed by atoms with E-state index < -0.39 is 23.5 Å². The third-order valence-electron chi connectivity index (χ3n) is 6.55. The van der Waals surface area contributed by atoms with Gasteiger partial charge in [-0.15, -0.1) is 0 Å². The minimum Gasteiger partial charge on any atom is -0.503 e. The van der Waals surface area contributed by atoms with Gasteiger partial charge in [0.1, 0.15) is 5.58 Å². The number of phenolic OH excluding ortho intramolecular Hbond substituents is 1. The average Bonchev–Trinajstić information content (AvgIpc) is 3.42. The normalized spacial score (nSPS) is 16.0. The van der Waals surface area contributed by atoms with Gasteiger partial charge >= 0.3 is 0 Å². The number of para-hydroxylation sites is 1. The van der Waals surface area contributed by atoms with E-state index in [1.807, 2.05) is 12.1 Å². The third-order valence-corrected chi connectivity index (χ3v) is 7.16. The molecule has 4 rings (SSSR count). The molecule has 1 atom stereocenters. The molecule has 0 radical (unpaired) electrons. The van der Waals surface area contributed by atoms with Crippen LogP contribution in [0.4, 0.5) is 0 Å². The van der Waals surface area contributed by atoms with E-state index in [2.05, 4.69) is 34.7 Å². The van der Waals surface area contributed by atoms with Crippen LogP contribution >= 0.6 is 15.9 Å². The highest BCUT2D eigenvalue weighted by atomic mass is 79.9. The molecular formula is C27H29BrN2O6. The highest BCUT2D eigenvalue weighted by molar-refractivity contribution is 9.10. The molecule has 1 aliphatic heterocycles. The summed E-state index contributed by atoms with van der Waals surface area (Å²) in [6, 6.07) is 11.1. The Labute approximate surface area is 217 Å². The van der Waals surface area contributed by atoms with Crippen molar-refractivity contribution in [1.82, 2.24) is 9.80 Å². The molecule has 2 heterocycles. The highest BCUT2D eigenvalue weighted by Crippen LogP contribution is 2.44. The van der Waals surface area contributed by atoms with Crippen molar-refractivity contribution in [1.29, 1.82) is 0 Å². The Morgan fingerprint density at radius 3 is 2.56 bits per heavy atom. The first-order valence-electron chi connectivity index (χ1n) is 11.9. The number of furan rings is 1.